The van der Waals surface area contributed by atoms with Gasteiger partial charge < -0.3 is 19.2 Å². The van der Waals surface area contributed by atoms with E-state index in [2.05, 4.69) is 19.2 Å². The van der Waals surface area contributed by atoms with Gasteiger partial charge in [-0.15, -0.1) is 0 Å². The molecule has 0 radical (unpaired) electrons. The predicted molar refractivity (Wildman–Crippen MR) is 62.4 cm³/mol. The van der Waals surface area contributed by atoms with Gasteiger partial charge in [-0.25, -0.2) is 0 Å². The molecule has 2 unspecified atom stereocenters. The van der Waals surface area contributed by atoms with E-state index in [1.54, 1.807) is 13.4 Å². The zero-order valence-corrected chi connectivity index (χ0v) is 10.2. The number of hydrogen-bond donors (Lipinski definition) is 1. The van der Waals surface area contributed by atoms with E-state index < -0.39 is 0 Å². The molecule has 0 fully saturated rings. The minimum Gasteiger partial charge on any atom is -0.468 e. The van der Waals surface area contributed by atoms with Crippen LogP contribution in [0, 0.1) is 0 Å². The Hall–Kier alpha value is -0.840. The summed E-state index contributed by atoms with van der Waals surface area (Å²) in [7, 11) is 1.67. The van der Waals surface area contributed by atoms with Crippen molar-refractivity contribution in [1.82, 2.24) is 5.32 Å². The lowest BCUT2D eigenvalue weighted by Crippen LogP contribution is -2.33. The van der Waals surface area contributed by atoms with Crippen LogP contribution in [0.15, 0.2) is 22.8 Å². The SMILES string of the molecule is COCCOCC(C)NC(C)c1ccco1. The van der Waals surface area contributed by atoms with Gasteiger partial charge in [0.1, 0.15) is 5.76 Å². The van der Waals surface area contributed by atoms with E-state index in [4.69, 9.17) is 13.9 Å². The molecule has 4 heteroatoms. The van der Waals surface area contributed by atoms with Gasteiger partial charge in [0.05, 0.1) is 32.1 Å². The number of methoxy groups -OCH3 is 1. The first-order chi connectivity index (χ1) is 7.74. The third-order valence-corrected chi connectivity index (χ3v) is 2.30. The van der Waals surface area contributed by atoms with Crippen LogP contribution in [0.25, 0.3) is 0 Å². The molecule has 92 valence electrons. The summed E-state index contributed by atoms with van der Waals surface area (Å²) in [5.41, 5.74) is 0. The molecule has 0 bridgehead atoms. The molecular formula is C12H21NO3. The lowest BCUT2D eigenvalue weighted by molar-refractivity contribution is 0.0593. The third-order valence-electron chi connectivity index (χ3n) is 2.30. The van der Waals surface area contributed by atoms with Crippen molar-refractivity contribution in [2.45, 2.75) is 25.9 Å². The van der Waals surface area contributed by atoms with E-state index >= 15 is 0 Å². The number of furan rings is 1. The number of hydrogen-bond acceptors (Lipinski definition) is 4. The average Bonchev–Trinajstić information content (AvgIpc) is 2.77. The summed E-state index contributed by atoms with van der Waals surface area (Å²) in [6.45, 7) is 6.11. The maximum absolute atomic E-state index is 5.44. The average molecular weight is 227 g/mol. The third kappa shape index (κ3) is 4.79. The first kappa shape index (κ1) is 13.2. The summed E-state index contributed by atoms with van der Waals surface area (Å²) >= 11 is 0. The van der Waals surface area contributed by atoms with Crippen molar-refractivity contribution >= 4 is 0 Å². The summed E-state index contributed by atoms with van der Waals surface area (Å²) in [5.74, 6) is 0.948. The normalized spacial score (nSPS) is 14.9. The highest BCUT2D eigenvalue weighted by atomic mass is 16.5. The van der Waals surface area contributed by atoms with Crippen LogP contribution in [-0.2, 0) is 9.47 Å². The van der Waals surface area contributed by atoms with E-state index in [9.17, 15) is 0 Å². The van der Waals surface area contributed by atoms with Crippen LogP contribution in [0.5, 0.6) is 0 Å². The quantitative estimate of drug-likeness (QED) is 0.690. The van der Waals surface area contributed by atoms with Gasteiger partial charge in [0.15, 0.2) is 0 Å². The molecule has 0 saturated heterocycles. The molecule has 0 aliphatic rings. The van der Waals surface area contributed by atoms with Crippen molar-refractivity contribution in [3.05, 3.63) is 24.2 Å². The van der Waals surface area contributed by atoms with Gasteiger partial charge in [0.25, 0.3) is 0 Å². The maximum Gasteiger partial charge on any atom is 0.120 e. The molecule has 1 rings (SSSR count). The lowest BCUT2D eigenvalue weighted by atomic mass is 10.2. The smallest absolute Gasteiger partial charge is 0.120 e. The Morgan fingerprint density at radius 2 is 2.19 bits per heavy atom. The first-order valence-corrected chi connectivity index (χ1v) is 5.60. The van der Waals surface area contributed by atoms with Gasteiger partial charge in [-0.2, -0.15) is 0 Å². The van der Waals surface area contributed by atoms with E-state index in [1.807, 2.05) is 12.1 Å². The summed E-state index contributed by atoms with van der Waals surface area (Å²) in [5, 5.41) is 3.40. The highest BCUT2D eigenvalue weighted by molar-refractivity contribution is 5.03. The fraction of sp³-hybridized carbons (Fsp3) is 0.667. The molecule has 0 spiro atoms. The molecule has 0 aliphatic heterocycles. The second-order valence-corrected chi connectivity index (χ2v) is 3.87. The Morgan fingerprint density at radius 1 is 1.38 bits per heavy atom. The monoisotopic (exact) mass is 227 g/mol. The van der Waals surface area contributed by atoms with Crippen molar-refractivity contribution in [2.24, 2.45) is 0 Å². The molecule has 0 aliphatic carbocycles. The largest absolute Gasteiger partial charge is 0.468 e. The topological polar surface area (TPSA) is 43.6 Å². The highest BCUT2D eigenvalue weighted by Gasteiger charge is 2.11. The Kier molecular flexibility index (Phi) is 6.15. The minimum atomic E-state index is 0.205. The Labute approximate surface area is 96.9 Å². The minimum absolute atomic E-state index is 0.205. The summed E-state index contributed by atoms with van der Waals surface area (Å²) in [6.07, 6.45) is 1.69. The molecule has 0 aromatic carbocycles. The molecule has 4 nitrogen and oxygen atoms in total. The van der Waals surface area contributed by atoms with E-state index in [0.717, 1.165) is 5.76 Å². The summed E-state index contributed by atoms with van der Waals surface area (Å²) in [4.78, 5) is 0. The van der Waals surface area contributed by atoms with Crippen LogP contribution < -0.4 is 5.32 Å². The standard InChI is InChI=1S/C12H21NO3/c1-10(9-15-8-7-14-3)13-11(2)12-5-4-6-16-12/h4-6,10-11,13H,7-9H2,1-3H3. The molecule has 1 N–H and O–H groups in total. The van der Waals surface area contributed by atoms with Crippen molar-refractivity contribution in [2.75, 3.05) is 26.9 Å². The van der Waals surface area contributed by atoms with E-state index in [1.165, 1.54) is 0 Å². The zero-order valence-electron chi connectivity index (χ0n) is 10.2. The van der Waals surface area contributed by atoms with Gasteiger partial charge in [-0.3, -0.25) is 0 Å². The molecule has 2 atom stereocenters. The second-order valence-electron chi connectivity index (χ2n) is 3.87. The van der Waals surface area contributed by atoms with Gasteiger partial charge in [-0.05, 0) is 26.0 Å². The van der Waals surface area contributed by atoms with Crippen LogP contribution in [-0.4, -0.2) is 33.0 Å². The molecular weight excluding hydrogens is 206 g/mol. The Bertz CT molecular complexity index is 261. The molecule has 0 saturated carbocycles. The van der Waals surface area contributed by atoms with Crippen molar-refractivity contribution in [1.29, 1.82) is 0 Å². The molecule has 16 heavy (non-hydrogen) atoms. The molecule has 1 aromatic heterocycles. The van der Waals surface area contributed by atoms with Crippen LogP contribution in [0.4, 0.5) is 0 Å². The van der Waals surface area contributed by atoms with E-state index in [0.29, 0.717) is 19.8 Å². The highest BCUT2D eigenvalue weighted by Crippen LogP contribution is 2.12. The maximum atomic E-state index is 5.44. The Morgan fingerprint density at radius 3 is 2.81 bits per heavy atom. The fourth-order valence-corrected chi connectivity index (χ4v) is 1.50. The predicted octanol–water partition coefficient (Wildman–Crippen LogP) is 1.98. The van der Waals surface area contributed by atoms with Gasteiger partial charge in [0.2, 0.25) is 0 Å². The van der Waals surface area contributed by atoms with Crippen molar-refractivity contribution < 1.29 is 13.9 Å². The summed E-state index contributed by atoms with van der Waals surface area (Å²) in [6, 6.07) is 4.36. The van der Waals surface area contributed by atoms with Crippen molar-refractivity contribution in [3.63, 3.8) is 0 Å². The first-order valence-electron chi connectivity index (χ1n) is 5.60. The summed E-state index contributed by atoms with van der Waals surface area (Å²) < 4.78 is 15.7. The van der Waals surface area contributed by atoms with Gasteiger partial charge in [0, 0.05) is 13.2 Å². The molecule has 0 amide bonds. The van der Waals surface area contributed by atoms with Crippen LogP contribution in [0.2, 0.25) is 0 Å². The number of ether oxygens (including phenoxy) is 2. The van der Waals surface area contributed by atoms with Gasteiger partial charge in [-0.1, -0.05) is 0 Å². The molecule has 1 aromatic rings. The van der Waals surface area contributed by atoms with Crippen LogP contribution >= 0.6 is 0 Å². The van der Waals surface area contributed by atoms with E-state index in [-0.39, 0.29) is 12.1 Å². The Balaban J connectivity index is 2.16. The molecule has 1 heterocycles. The lowest BCUT2D eigenvalue weighted by Gasteiger charge is -2.18. The number of rotatable bonds is 8. The van der Waals surface area contributed by atoms with Crippen LogP contribution in [0.3, 0.4) is 0 Å². The van der Waals surface area contributed by atoms with Crippen molar-refractivity contribution in [3.8, 4) is 0 Å². The number of nitrogens with one attached hydrogen (secondary N) is 1. The van der Waals surface area contributed by atoms with Gasteiger partial charge >= 0.3 is 0 Å². The fourth-order valence-electron chi connectivity index (χ4n) is 1.50. The zero-order chi connectivity index (χ0) is 11.8. The van der Waals surface area contributed by atoms with Crippen LogP contribution in [0.1, 0.15) is 25.6 Å². The second kappa shape index (κ2) is 7.44.